The number of nitrogens with zero attached hydrogens (tertiary/aromatic N) is 1. The zero-order chi connectivity index (χ0) is 15.5. The summed E-state index contributed by atoms with van der Waals surface area (Å²) < 4.78 is 10.2. The molecule has 0 bridgehead atoms. The summed E-state index contributed by atoms with van der Waals surface area (Å²) in [5, 5.41) is 0.321. The molecule has 1 aromatic heterocycles. The molecule has 0 saturated carbocycles. The van der Waals surface area contributed by atoms with Crippen LogP contribution in [0.4, 0.5) is 0 Å². The van der Waals surface area contributed by atoms with Crippen LogP contribution in [0.3, 0.4) is 0 Å². The molecular weight excluding hydrogens is 306 g/mol. The van der Waals surface area contributed by atoms with Gasteiger partial charge in [-0.2, -0.15) is 0 Å². The van der Waals surface area contributed by atoms with Crippen LogP contribution in [0.5, 0.6) is 0 Å². The van der Waals surface area contributed by atoms with E-state index in [1.54, 1.807) is 42.5 Å². The van der Waals surface area contributed by atoms with Gasteiger partial charge >= 0.3 is 5.97 Å². The Bertz CT molecular complexity index is 856. The zero-order valence-corrected chi connectivity index (χ0v) is 12.0. The van der Waals surface area contributed by atoms with E-state index in [0.29, 0.717) is 21.7 Å². The molecule has 0 aliphatic carbocycles. The van der Waals surface area contributed by atoms with Gasteiger partial charge in [0.15, 0.2) is 18.6 Å². The molecule has 0 N–H and O–H groups in total. The highest BCUT2D eigenvalue weighted by molar-refractivity contribution is 6.34. The van der Waals surface area contributed by atoms with Crippen molar-refractivity contribution in [1.29, 1.82) is 0 Å². The Morgan fingerprint density at radius 1 is 1.09 bits per heavy atom. The molecule has 0 aliphatic heterocycles. The lowest BCUT2D eigenvalue weighted by atomic mass is 10.1. The number of Topliss-reactive ketones (excluding diaryl/α,β-unsaturated/α-hetero) is 1. The quantitative estimate of drug-likeness (QED) is 0.544. The maximum absolute atomic E-state index is 12.1. The Kier molecular flexibility index (Phi) is 3.89. The molecule has 5 nitrogen and oxygen atoms in total. The van der Waals surface area contributed by atoms with Crippen molar-refractivity contribution in [2.75, 3.05) is 6.61 Å². The number of hydrogen-bond acceptors (Lipinski definition) is 5. The summed E-state index contributed by atoms with van der Waals surface area (Å²) >= 11 is 5.93. The number of rotatable bonds is 4. The van der Waals surface area contributed by atoms with Crippen molar-refractivity contribution in [2.45, 2.75) is 0 Å². The van der Waals surface area contributed by atoms with Crippen LogP contribution < -0.4 is 0 Å². The fraction of sp³-hybridized carbons (Fsp3) is 0.0625. The maximum atomic E-state index is 12.1. The van der Waals surface area contributed by atoms with Crippen LogP contribution in [-0.2, 0) is 4.74 Å². The SMILES string of the molecule is O=C(COC(=O)c1cccc2ocnc12)c1ccccc1Cl. The van der Waals surface area contributed by atoms with Crippen molar-refractivity contribution >= 4 is 34.5 Å². The molecule has 3 aromatic rings. The third-order valence-electron chi connectivity index (χ3n) is 3.09. The minimum absolute atomic E-state index is 0.248. The van der Waals surface area contributed by atoms with Gasteiger partial charge in [0.1, 0.15) is 5.52 Å². The standard InChI is InChI=1S/C16H10ClNO4/c17-12-6-2-1-4-10(12)13(19)8-21-16(20)11-5-3-7-14-15(11)18-9-22-14/h1-7,9H,8H2. The Hall–Kier alpha value is -2.66. The summed E-state index contributed by atoms with van der Waals surface area (Å²) in [5.41, 5.74) is 1.44. The van der Waals surface area contributed by atoms with Crippen molar-refractivity contribution in [1.82, 2.24) is 4.98 Å². The van der Waals surface area contributed by atoms with Gasteiger partial charge in [0.2, 0.25) is 5.78 Å². The van der Waals surface area contributed by atoms with E-state index in [1.165, 1.54) is 6.39 Å². The predicted molar refractivity (Wildman–Crippen MR) is 80.1 cm³/mol. The van der Waals surface area contributed by atoms with E-state index >= 15 is 0 Å². The largest absolute Gasteiger partial charge is 0.454 e. The minimum Gasteiger partial charge on any atom is -0.454 e. The number of carbonyl (C=O) groups excluding carboxylic acids is 2. The lowest BCUT2D eigenvalue weighted by Crippen LogP contribution is -2.15. The van der Waals surface area contributed by atoms with Gasteiger partial charge < -0.3 is 9.15 Å². The van der Waals surface area contributed by atoms with Crippen LogP contribution in [0.25, 0.3) is 11.1 Å². The molecule has 6 heteroatoms. The van der Waals surface area contributed by atoms with Gasteiger partial charge in [-0.25, -0.2) is 9.78 Å². The third-order valence-corrected chi connectivity index (χ3v) is 3.42. The van der Waals surface area contributed by atoms with Crippen LogP contribution in [0.15, 0.2) is 53.3 Å². The van der Waals surface area contributed by atoms with E-state index in [1.807, 2.05) is 0 Å². The first-order valence-corrected chi connectivity index (χ1v) is 6.81. The summed E-state index contributed by atoms with van der Waals surface area (Å²) in [6, 6.07) is 11.5. The number of aromatic nitrogens is 1. The molecular formula is C16H10ClNO4. The lowest BCUT2D eigenvalue weighted by Gasteiger charge is -2.05. The second-order valence-corrected chi connectivity index (χ2v) is 4.89. The monoisotopic (exact) mass is 315 g/mol. The Labute approximate surface area is 130 Å². The number of halogens is 1. The first-order valence-electron chi connectivity index (χ1n) is 6.44. The van der Waals surface area contributed by atoms with Crippen molar-refractivity contribution in [3.05, 3.63) is 65.0 Å². The molecule has 3 rings (SSSR count). The Morgan fingerprint density at radius 2 is 1.86 bits per heavy atom. The van der Waals surface area contributed by atoms with Crippen molar-refractivity contribution in [2.24, 2.45) is 0 Å². The number of fused-ring (bicyclic) bond motifs is 1. The van der Waals surface area contributed by atoms with E-state index in [9.17, 15) is 9.59 Å². The molecule has 110 valence electrons. The van der Waals surface area contributed by atoms with Crippen molar-refractivity contribution in [3.63, 3.8) is 0 Å². The summed E-state index contributed by atoms with van der Waals surface area (Å²) in [6.07, 6.45) is 1.25. The van der Waals surface area contributed by atoms with Gasteiger partial charge in [-0.05, 0) is 24.3 Å². The second-order valence-electron chi connectivity index (χ2n) is 4.48. The molecule has 0 unspecified atom stereocenters. The fourth-order valence-corrected chi connectivity index (χ4v) is 2.27. The molecule has 0 amide bonds. The molecule has 0 aliphatic rings. The predicted octanol–water partition coefficient (Wildman–Crippen LogP) is 3.52. The number of ether oxygens (including phenoxy) is 1. The molecule has 0 atom stereocenters. The number of para-hydroxylation sites is 1. The highest BCUT2D eigenvalue weighted by Gasteiger charge is 2.17. The Morgan fingerprint density at radius 3 is 2.68 bits per heavy atom. The van der Waals surface area contributed by atoms with Crippen molar-refractivity contribution in [3.8, 4) is 0 Å². The number of benzene rings is 2. The molecule has 0 saturated heterocycles. The summed E-state index contributed by atoms with van der Waals surface area (Å²) in [4.78, 5) is 28.1. The average Bonchev–Trinajstić information content (AvgIpc) is 3.01. The zero-order valence-electron chi connectivity index (χ0n) is 11.3. The summed E-state index contributed by atoms with van der Waals surface area (Å²) in [7, 11) is 0. The third kappa shape index (κ3) is 2.71. The number of ketones is 1. The lowest BCUT2D eigenvalue weighted by molar-refractivity contribution is 0.0476. The minimum atomic E-state index is -0.639. The normalized spacial score (nSPS) is 10.6. The van der Waals surface area contributed by atoms with Gasteiger partial charge in [0.25, 0.3) is 0 Å². The smallest absolute Gasteiger partial charge is 0.340 e. The van der Waals surface area contributed by atoms with Gasteiger partial charge in [-0.3, -0.25) is 4.79 Å². The summed E-state index contributed by atoms with van der Waals surface area (Å²) in [5.74, 6) is -1.01. The van der Waals surface area contributed by atoms with Crippen LogP contribution in [0.2, 0.25) is 5.02 Å². The first-order chi connectivity index (χ1) is 10.7. The van der Waals surface area contributed by atoms with E-state index < -0.39 is 12.6 Å². The second kappa shape index (κ2) is 5.99. The Balaban J connectivity index is 1.74. The van der Waals surface area contributed by atoms with Crippen LogP contribution in [0, 0.1) is 0 Å². The van der Waals surface area contributed by atoms with Gasteiger partial charge in [0.05, 0.1) is 10.6 Å². The molecule has 22 heavy (non-hydrogen) atoms. The molecule has 0 fully saturated rings. The van der Waals surface area contributed by atoms with Crippen molar-refractivity contribution < 1.29 is 18.7 Å². The number of hydrogen-bond donors (Lipinski definition) is 0. The fourth-order valence-electron chi connectivity index (χ4n) is 2.03. The molecule has 1 heterocycles. The van der Waals surface area contributed by atoms with Crippen LogP contribution in [0.1, 0.15) is 20.7 Å². The highest BCUT2D eigenvalue weighted by Crippen LogP contribution is 2.19. The van der Waals surface area contributed by atoms with E-state index in [-0.39, 0.29) is 11.3 Å². The summed E-state index contributed by atoms with van der Waals surface area (Å²) in [6.45, 7) is -0.392. The first kappa shape index (κ1) is 14.3. The van der Waals surface area contributed by atoms with Gasteiger partial charge in [-0.15, -0.1) is 0 Å². The average molecular weight is 316 g/mol. The molecule has 0 radical (unpaired) electrons. The maximum Gasteiger partial charge on any atom is 0.340 e. The molecule has 0 spiro atoms. The van der Waals surface area contributed by atoms with E-state index in [4.69, 9.17) is 20.8 Å². The topological polar surface area (TPSA) is 69.4 Å². The van der Waals surface area contributed by atoms with Crippen LogP contribution in [-0.4, -0.2) is 23.3 Å². The van der Waals surface area contributed by atoms with E-state index in [2.05, 4.69) is 4.98 Å². The van der Waals surface area contributed by atoms with Crippen LogP contribution >= 0.6 is 11.6 Å². The number of esters is 1. The highest BCUT2D eigenvalue weighted by atomic mass is 35.5. The number of oxazole rings is 1. The van der Waals surface area contributed by atoms with Gasteiger partial charge in [-0.1, -0.05) is 29.8 Å². The molecule has 2 aromatic carbocycles. The van der Waals surface area contributed by atoms with E-state index in [0.717, 1.165) is 0 Å². The number of carbonyl (C=O) groups is 2. The van der Waals surface area contributed by atoms with Gasteiger partial charge in [0, 0.05) is 5.56 Å².